The summed E-state index contributed by atoms with van der Waals surface area (Å²) in [6.07, 6.45) is 0. The number of fused-ring (bicyclic) bond motifs is 5. The second-order valence-corrected chi connectivity index (χ2v) is 13.4. The van der Waals surface area contributed by atoms with Crippen molar-refractivity contribution in [2.45, 2.75) is 0 Å². The molecule has 0 aliphatic heterocycles. The fourth-order valence-corrected chi connectivity index (χ4v) is 7.61. The molecule has 0 fully saturated rings. The molecule has 9 aromatic carbocycles. The molecule has 244 valence electrons. The third-order valence-electron chi connectivity index (χ3n) is 10.2. The zero-order chi connectivity index (χ0) is 34.4. The van der Waals surface area contributed by atoms with Crippen molar-refractivity contribution in [2.75, 3.05) is 4.90 Å². The van der Waals surface area contributed by atoms with Crippen molar-refractivity contribution in [1.82, 2.24) is 0 Å². The Morgan fingerprint density at radius 3 is 1.63 bits per heavy atom. The Morgan fingerprint density at radius 1 is 0.288 bits per heavy atom. The Kier molecular flexibility index (Phi) is 7.18. The lowest BCUT2D eigenvalue weighted by Gasteiger charge is -2.26. The number of rotatable bonds is 6. The van der Waals surface area contributed by atoms with Gasteiger partial charge >= 0.3 is 0 Å². The molecule has 1 aromatic heterocycles. The Morgan fingerprint density at radius 2 is 0.846 bits per heavy atom. The SMILES string of the molecule is c1ccc(-c2cccc(N(c3ccc(-c4ccc5c(c4)oc4cc6ccccc6cc45)cc3)c3ccc(-c4cccc5ccccc45)cc3)c2)cc1. The molecule has 0 saturated carbocycles. The Balaban J connectivity index is 1.04. The summed E-state index contributed by atoms with van der Waals surface area (Å²) < 4.78 is 6.40. The third-order valence-corrected chi connectivity index (χ3v) is 10.2. The molecule has 1 heterocycles. The lowest BCUT2D eigenvalue weighted by atomic mass is 9.98. The molecule has 10 aromatic rings. The Labute approximate surface area is 302 Å². The summed E-state index contributed by atoms with van der Waals surface area (Å²) in [4.78, 5) is 2.34. The summed E-state index contributed by atoms with van der Waals surface area (Å²) >= 11 is 0. The number of benzene rings is 9. The van der Waals surface area contributed by atoms with E-state index in [1.807, 2.05) is 0 Å². The van der Waals surface area contributed by atoms with Gasteiger partial charge in [-0.05, 0) is 116 Å². The molecule has 0 atom stereocenters. The number of anilines is 3. The summed E-state index contributed by atoms with van der Waals surface area (Å²) in [6.45, 7) is 0. The van der Waals surface area contributed by atoms with Gasteiger partial charge < -0.3 is 9.32 Å². The second-order valence-electron chi connectivity index (χ2n) is 13.4. The first-order valence-corrected chi connectivity index (χ1v) is 17.7. The molecule has 0 aliphatic rings. The molecule has 10 rings (SSSR count). The third kappa shape index (κ3) is 5.30. The van der Waals surface area contributed by atoms with Crippen molar-refractivity contribution in [3.8, 4) is 33.4 Å². The topological polar surface area (TPSA) is 16.4 Å². The number of furan rings is 1. The van der Waals surface area contributed by atoms with E-state index in [-0.39, 0.29) is 0 Å². The van der Waals surface area contributed by atoms with Crippen LogP contribution < -0.4 is 4.90 Å². The van der Waals surface area contributed by atoms with E-state index in [0.29, 0.717) is 0 Å². The molecule has 0 unspecified atom stereocenters. The lowest BCUT2D eigenvalue weighted by molar-refractivity contribution is 0.669. The van der Waals surface area contributed by atoms with Crippen molar-refractivity contribution in [1.29, 1.82) is 0 Å². The van der Waals surface area contributed by atoms with Gasteiger partial charge in [-0.3, -0.25) is 0 Å². The predicted molar refractivity (Wildman–Crippen MR) is 220 cm³/mol. The van der Waals surface area contributed by atoms with Gasteiger partial charge in [-0.2, -0.15) is 0 Å². The maximum atomic E-state index is 6.40. The molecule has 0 saturated heterocycles. The molecule has 0 radical (unpaired) electrons. The van der Waals surface area contributed by atoms with Crippen LogP contribution in [-0.2, 0) is 0 Å². The molecule has 0 N–H and O–H groups in total. The monoisotopic (exact) mass is 663 g/mol. The van der Waals surface area contributed by atoms with E-state index in [1.165, 1.54) is 43.8 Å². The van der Waals surface area contributed by atoms with Crippen molar-refractivity contribution >= 4 is 60.5 Å². The highest BCUT2D eigenvalue weighted by Crippen LogP contribution is 2.40. The van der Waals surface area contributed by atoms with Gasteiger partial charge in [-0.25, -0.2) is 0 Å². The minimum atomic E-state index is 0.900. The largest absolute Gasteiger partial charge is 0.456 e. The van der Waals surface area contributed by atoms with Crippen LogP contribution in [0.4, 0.5) is 17.1 Å². The summed E-state index contributed by atoms with van der Waals surface area (Å²) in [7, 11) is 0. The van der Waals surface area contributed by atoms with E-state index in [0.717, 1.165) is 50.1 Å². The Hall–Kier alpha value is -6.90. The summed E-state index contributed by atoms with van der Waals surface area (Å²) in [5.41, 5.74) is 12.2. The molecule has 52 heavy (non-hydrogen) atoms. The molecular weight excluding hydrogens is 631 g/mol. The fraction of sp³-hybridized carbons (Fsp3) is 0. The molecule has 0 spiro atoms. The van der Waals surface area contributed by atoms with E-state index < -0.39 is 0 Å². The van der Waals surface area contributed by atoms with Gasteiger partial charge in [0.25, 0.3) is 0 Å². The van der Waals surface area contributed by atoms with Crippen LogP contribution in [0.3, 0.4) is 0 Å². The van der Waals surface area contributed by atoms with Crippen LogP contribution in [0.1, 0.15) is 0 Å². The van der Waals surface area contributed by atoms with Gasteiger partial charge in [0.05, 0.1) is 0 Å². The molecule has 2 nitrogen and oxygen atoms in total. The van der Waals surface area contributed by atoms with Crippen molar-refractivity contribution in [3.05, 3.63) is 200 Å². The number of hydrogen-bond acceptors (Lipinski definition) is 2. The molecule has 0 amide bonds. The number of hydrogen-bond donors (Lipinski definition) is 0. The smallest absolute Gasteiger partial charge is 0.136 e. The summed E-state index contributed by atoms with van der Waals surface area (Å²) in [5.74, 6) is 0. The van der Waals surface area contributed by atoms with Gasteiger partial charge in [0.1, 0.15) is 11.2 Å². The maximum Gasteiger partial charge on any atom is 0.136 e. The molecular formula is C50H33NO. The van der Waals surface area contributed by atoms with E-state index in [4.69, 9.17) is 4.42 Å². The minimum Gasteiger partial charge on any atom is -0.456 e. The van der Waals surface area contributed by atoms with Crippen LogP contribution >= 0.6 is 0 Å². The van der Waals surface area contributed by atoms with Gasteiger partial charge in [0, 0.05) is 27.8 Å². The van der Waals surface area contributed by atoms with Gasteiger partial charge in [-0.1, -0.05) is 140 Å². The first kappa shape index (κ1) is 30.0. The zero-order valence-corrected chi connectivity index (χ0v) is 28.4. The van der Waals surface area contributed by atoms with Crippen LogP contribution in [0.5, 0.6) is 0 Å². The average molecular weight is 664 g/mol. The highest BCUT2D eigenvalue weighted by molar-refractivity contribution is 6.10. The van der Waals surface area contributed by atoms with Gasteiger partial charge in [-0.15, -0.1) is 0 Å². The van der Waals surface area contributed by atoms with E-state index in [2.05, 4.69) is 205 Å². The van der Waals surface area contributed by atoms with Crippen molar-refractivity contribution in [3.63, 3.8) is 0 Å². The predicted octanol–water partition coefficient (Wildman–Crippen LogP) is 14.4. The maximum absolute atomic E-state index is 6.40. The van der Waals surface area contributed by atoms with Crippen LogP contribution in [0, 0.1) is 0 Å². The normalized spacial score (nSPS) is 11.5. The fourth-order valence-electron chi connectivity index (χ4n) is 7.61. The zero-order valence-electron chi connectivity index (χ0n) is 28.4. The first-order valence-electron chi connectivity index (χ1n) is 17.7. The second kappa shape index (κ2) is 12.5. The lowest BCUT2D eigenvalue weighted by Crippen LogP contribution is -2.10. The number of nitrogens with zero attached hydrogens (tertiary/aromatic N) is 1. The first-order chi connectivity index (χ1) is 25.7. The van der Waals surface area contributed by atoms with Crippen molar-refractivity contribution < 1.29 is 4.42 Å². The Bertz CT molecular complexity index is 2880. The van der Waals surface area contributed by atoms with Crippen LogP contribution in [-0.4, -0.2) is 0 Å². The molecule has 0 aliphatic carbocycles. The quantitative estimate of drug-likeness (QED) is 0.176. The average Bonchev–Trinajstić information content (AvgIpc) is 3.57. The molecule has 2 heteroatoms. The standard InChI is InChI=1S/C50H33NO/c1-2-10-34(11-3-1)38-16-8-17-44(30-38)51(43-27-22-37(23-28-43)46-19-9-15-36-12-6-7-18-45(36)46)42-25-20-35(21-26-42)41-24-29-47-48-31-39-13-4-5-14-40(39)32-50(48)52-49(47)33-41/h1-33H. The van der Waals surface area contributed by atoms with Crippen LogP contribution in [0.25, 0.3) is 76.9 Å². The molecule has 0 bridgehead atoms. The van der Waals surface area contributed by atoms with E-state index >= 15 is 0 Å². The highest BCUT2D eigenvalue weighted by atomic mass is 16.3. The van der Waals surface area contributed by atoms with E-state index in [1.54, 1.807) is 0 Å². The minimum absolute atomic E-state index is 0.900. The van der Waals surface area contributed by atoms with Gasteiger partial charge in [0.15, 0.2) is 0 Å². The van der Waals surface area contributed by atoms with Gasteiger partial charge in [0.2, 0.25) is 0 Å². The van der Waals surface area contributed by atoms with E-state index in [9.17, 15) is 0 Å². The van der Waals surface area contributed by atoms with Crippen LogP contribution in [0.15, 0.2) is 205 Å². The highest BCUT2D eigenvalue weighted by Gasteiger charge is 2.16. The summed E-state index contributed by atoms with van der Waals surface area (Å²) in [5, 5.41) is 7.20. The van der Waals surface area contributed by atoms with Crippen LogP contribution in [0.2, 0.25) is 0 Å². The summed E-state index contributed by atoms with van der Waals surface area (Å²) in [6, 6.07) is 71.7. The van der Waals surface area contributed by atoms with Crippen molar-refractivity contribution in [2.24, 2.45) is 0 Å².